The summed E-state index contributed by atoms with van der Waals surface area (Å²) in [4.78, 5) is 23.0. The molecular weight excluding hydrogens is 830 g/mol. The number of hydrogen-bond acceptors (Lipinski definition) is 6. The van der Waals surface area contributed by atoms with E-state index in [9.17, 15) is 14.3 Å². The van der Waals surface area contributed by atoms with Gasteiger partial charge in [0.25, 0.3) is 0 Å². The molecule has 0 radical (unpaired) electrons. The van der Waals surface area contributed by atoms with Crippen LogP contribution in [0.2, 0.25) is 0 Å². The molecule has 0 rings (SSSR count). The summed E-state index contributed by atoms with van der Waals surface area (Å²) >= 11 is 0. The molecule has 0 saturated heterocycles. The fraction of sp³-hybridized carbons (Fsp3) is 0.732. The van der Waals surface area contributed by atoms with Gasteiger partial charge in [0.05, 0.1) is 34.4 Å². The first-order valence-electron chi connectivity index (χ1n) is 26.3. The number of hydrogen-bond donors (Lipinski definition) is 1. The first kappa shape index (κ1) is 62.7. The lowest BCUT2D eigenvalue weighted by molar-refractivity contribution is -0.870. The van der Waals surface area contributed by atoms with Crippen molar-refractivity contribution in [1.82, 2.24) is 0 Å². The van der Waals surface area contributed by atoms with Crippen molar-refractivity contribution in [2.24, 2.45) is 0 Å². The van der Waals surface area contributed by atoms with Crippen molar-refractivity contribution in [1.29, 1.82) is 0 Å². The van der Waals surface area contributed by atoms with Crippen molar-refractivity contribution >= 4 is 13.8 Å². The third-order valence-electron chi connectivity index (χ3n) is 10.9. The number of phosphoric acid groups is 1. The largest absolute Gasteiger partial charge is 0.472 e. The molecule has 376 valence electrons. The van der Waals surface area contributed by atoms with Gasteiger partial charge in [0.1, 0.15) is 19.3 Å². The van der Waals surface area contributed by atoms with Gasteiger partial charge in [0, 0.05) is 13.0 Å². The highest BCUT2D eigenvalue weighted by Crippen LogP contribution is 2.43. The fourth-order valence-corrected chi connectivity index (χ4v) is 7.65. The number of carbonyl (C=O) groups is 1. The predicted octanol–water partition coefficient (Wildman–Crippen LogP) is 16.4. The number of unbranched alkanes of at least 4 members (excludes halogenated alkanes) is 20. The maximum atomic E-state index is 12.8. The van der Waals surface area contributed by atoms with Crippen LogP contribution in [-0.2, 0) is 27.9 Å². The number of rotatable bonds is 48. The zero-order valence-electron chi connectivity index (χ0n) is 42.7. The molecule has 0 aromatic heterocycles. The molecule has 0 fully saturated rings. The molecule has 8 nitrogen and oxygen atoms in total. The standard InChI is InChI=1S/C56H100NO7P/c1-6-8-10-12-14-16-18-20-22-24-26-28-30-32-34-36-38-40-42-44-46-48-51-61-53-55(54-63-65(59,60)62-52-50-57(3,4)5)64-56(58)49-47-45-43-41-39-37-35-33-31-29-27-25-23-21-19-17-15-13-11-9-7-2/h9,11,15,17-18,20-21,23-24,26-27,29-30,32,55H,6-8,10,12-14,16,19,22,25,28,31,33-54H2,1-5H3/p+1/b11-9-,17-15-,20-18-,23-21-,26-24-,29-27-,32-30-. The van der Waals surface area contributed by atoms with Gasteiger partial charge in [-0.25, -0.2) is 4.57 Å². The Kier molecular flexibility index (Phi) is 46.4. The molecule has 2 atom stereocenters. The van der Waals surface area contributed by atoms with E-state index in [1.54, 1.807) is 0 Å². The van der Waals surface area contributed by atoms with Gasteiger partial charge in [-0.1, -0.05) is 195 Å². The number of likely N-dealkylation sites (N-methyl/N-ethyl adjacent to an activating group) is 1. The van der Waals surface area contributed by atoms with Crippen LogP contribution in [0.5, 0.6) is 0 Å². The van der Waals surface area contributed by atoms with Gasteiger partial charge < -0.3 is 18.9 Å². The highest BCUT2D eigenvalue weighted by atomic mass is 31.2. The molecule has 0 aliphatic rings. The summed E-state index contributed by atoms with van der Waals surface area (Å²) in [5, 5.41) is 0. The lowest BCUT2D eigenvalue weighted by Gasteiger charge is -2.24. The Hall–Kier alpha value is -2.32. The predicted molar refractivity (Wildman–Crippen MR) is 279 cm³/mol. The Morgan fingerprint density at radius 1 is 0.492 bits per heavy atom. The molecule has 0 aliphatic heterocycles. The number of allylic oxidation sites excluding steroid dienone is 14. The Morgan fingerprint density at radius 3 is 1.34 bits per heavy atom. The van der Waals surface area contributed by atoms with Gasteiger partial charge in [0.15, 0.2) is 0 Å². The number of carbonyl (C=O) groups excluding carboxylic acids is 1. The number of nitrogens with zero attached hydrogens (tertiary/aromatic N) is 1. The monoisotopic (exact) mass is 931 g/mol. The first-order valence-corrected chi connectivity index (χ1v) is 27.8. The van der Waals surface area contributed by atoms with E-state index in [0.29, 0.717) is 24.1 Å². The third-order valence-corrected chi connectivity index (χ3v) is 11.9. The summed E-state index contributed by atoms with van der Waals surface area (Å²) in [7, 11) is 1.64. The lowest BCUT2D eigenvalue weighted by atomic mass is 10.1. The van der Waals surface area contributed by atoms with Crippen LogP contribution in [0.3, 0.4) is 0 Å². The van der Waals surface area contributed by atoms with E-state index in [0.717, 1.165) is 83.5 Å². The number of ether oxygens (including phenoxy) is 2. The van der Waals surface area contributed by atoms with Gasteiger partial charge in [-0.15, -0.1) is 0 Å². The molecule has 0 aromatic rings. The van der Waals surface area contributed by atoms with E-state index in [2.05, 4.69) is 98.9 Å². The second-order valence-corrected chi connectivity index (χ2v) is 20.0. The van der Waals surface area contributed by atoms with Crippen LogP contribution >= 0.6 is 7.82 Å². The fourth-order valence-electron chi connectivity index (χ4n) is 6.90. The maximum Gasteiger partial charge on any atom is 0.472 e. The Morgan fingerprint density at radius 2 is 0.892 bits per heavy atom. The Bertz CT molecular complexity index is 1310. The molecule has 0 saturated carbocycles. The van der Waals surface area contributed by atoms with E-state index >= 15 is 0 Å². The minimum Gasteiger partial charge on any atom is -0.457 e. The molecular formula is C56H101NO7P+. The van der Waals surface area contributed by atoms with Crippen LogP contribution < -0.4 is 0 Å². The van der Waals surface area contributed by atoms with Crippen LogP contribution in [0.25, 0.3) is 0 Å². The minimum absolute atomic E-state index is 0.0803. The van der Waals surface area contributed by atoms with E-state index in [4.69, 9.17) is 18.5 Å². The molecule has 65 heavy (non-hydrogen) atoms. The molecule has 0 aliphatic carbocycles. The van der Waals surface area contributed by atoms with Crippen molar-refractivity contribution in [2.75, 3.05) is 54.1 Å². The zero-order valence-corrected chi connectivity index (χ0v) is 43.6. The highest BCUT2D eigenvalue weighted by molar-refractivity contribution is 7.47. The normalized spacial score (nSPS) is 14.2. The summed E-state index contributed by atoms with van der Waals surface area (Å²) in [5.41, 5.74) is 0. The Balaban J connectivity index is 4.19. The lowest BCUT2D eigenvalue weighted by Crippen LogP contribution is -2.37. The second-order valence-electron chi connectivity index (χ2n) is 18.5. The molecule has 1 N–H and O–H groups in total. The molecule has 9 heteroatoms. The zero-order chi connectivity index (χ0) is 47.6. The number of esters is 1. The minimum atomic E-state index is -4.29. The van der Waals surface area contributed by atoms with Crippen molar-refractivity contribution in [3.63, 3.8) is 0 Å². The summed E-state index contributed by atoms with van der Waals surface area (Å²) in [5.74, 6) is -0.328. The summed E-state index contributed by atoms with van der Waals surface area (Å²) in [6.07, 6.45) is 64.8. The van der Waals surface area contributed by atoms with E-state index in [1.165, 1.54) is 103 Å². The van der Waals surface area contributed by atoms with Gasteiger partial charge in [0.2, 0.25) is 0 Å². The van der Waals surface area contributed by atoms with Gasteiger partial charge in [-0.3, -0.25) is 13.8 Å². The quantitative estimate of drug-likeness (QED) is 0.0214. The van der Waals surface area contributed by atoms with E-state index < -0.39 is 13.9 Å². The van der Waals surface area contributed by atoms with E-state index in [-0.39, 0.29) is 25.8 Å². The molecule has 0 amide bonds. The average Bonchev–Trinajstić information content (AvgIpc) is 3.27. The molecule has 0 heterocycles. The highest BCUT2D eigenvalue weighted by Gasteiger charge is 2.26. The van der Waals surface area contributed by atoms with Crippen LogP contribution in [-0.4, -0.2) is 75.6 Å². The molecule has 2 unspecified atom stereocenters. The average molecular weight is 931 g/mol. The van der Waals surface area contributed by atoms with Crippen molar-refractivity contribution < 1.29 is 37.3 Å². The smallest absolute Gasteiger partial charge is 0.457 e. The van der Waals surface area contributed by atoms with Gasteiger partial charge >= 0.3 is 13.8 Å². The SMILES string of the molecule is CC/C=C\C/C=C\C/C=C\C/C=C\CCCCCCCCCCC(=O)OC(COCCCCCCCCC/C=C\C/C=C\C/C=C\CCCCCCC)COP(=O)(O)OCC[N+](C)(C)C. The van der Waals surface area contributed by atoms with Crippen LogP contribution in [0, 0.1) is 0 Å². The third kappa shape index (κ3) is 52.5. The van der Waals surface area contributed by atoms with Crippen LogP contribution in [0.15, 0.2) is 85.1 Å². The summed E-state index contributed by atoms with van der Waals surface area (Å²) in [6.45, 7) is 5.46. The topological polar surface area (TPSA) is 91.3 Å². The summed E-state index contributed by atoms with van der Waals surface area (Å²) < 4.78 is 35.2. The van der Waals surface area contributed by atoms with E-state index in [1.807, 2.05) is 21.1 Å². The number of quaternary nitrogens is 1. The Labute approximate surface area is 401 Å². The molecule has 0 aromatic carbocycles. The van der Waals surface area contributed by atoms with Gasteiger partial charge in [-0.05, 0) is 89.9 Å². The van der Waals surface area contributed by atoms with Crippen molar-refractivity contribution in [3.05, 3.63) is 85.1 Å². The van der Waals surface area contributed by atoms with Crippen molar-refractivity contribution in [3.8, 4) is 0 Å². The summed E-state index contributed by atoms with van der Waals surface area (Å²) in [6, 6.07) is 0. The van der Waals surface area contributed by atoms with Gasteiger partial charge in [-0.2, -0.15) is 0 Å². The second kappa shape index (κ2) is 48.1. The maximum absolute atomic E-state index is 12.8. The molecule has 0 bridgehead atoms. The first-order chi connectivity index (χ1) is 31.6. The van der Waals surface area contributed by atoms with Crippen molar-refractivity contribution in [2.45, 2.75) is 213 Å². The number of phosphoric ester groups is 1. The molecule has 0 spiro atoms. The van der Waals surface area contributed by atoms with Crippen LogP contribution in [0.1, 0.15) is 206 Å². The van der Waals surface area contributed by atoms with Crippen LogP contribution in [0.4, 0.5) is 0 Å².